The summed E-state index contributed by atoms with van der Waals surface area (Å²) in [6.07, 6.45) is -0.200. The van der Waals surface area contributed by atoms with E-state index in [1.165, 1.54) is 18.0 Å². The Morgan fingerprint density at radius 3 is 2.58 bits per heavy atom. The maximum Gasteiger partial charge on any atom is 0.412 e. The Labute approximate surface area is 213 Å². The molecule has 0 aromatic heterocycles. The van der Waals surface area contributed by atoms with Crippen LogP contribution in [-0.4, -0.2) is 40.4 Å². The number of hydrogen-bond donors (Lipinski definition) is 4. The molecule has 2 atom stereocenters. The number of ether oxygens (including phenoxy) is 1. The highest BCUT2D eigenvalue weighted by atomic mass is 32.2. The third-order valence-corrected chi connectivity index (χ3v) is 5.98. The zero-order valence-electron chi connectivity index (χ0n) is 20.6. The quantitative estimate of drug-likeness (QED) is 0.262. The number of hydrogen-bond acceptors (Lipinski definition) is 8. The number of amidine groups is 1. The second-order valence-corrected chi connectivity index (χ2v) is 10.1. The van der Waals surface area contributed by atoms with Crippen molar-refractivity contribution in [3.63, 3.8) is 0 Å². The molecule has 0 saturated heterocycles. The van der Waals surface area contributed by atoms with Crippen molar-refractivity contribution in [2.24, 2.45) is 4.99 Å². The van der Waals surface area contributed by atoms with E-state index in [9.17, 15) is 19.1 Å². The first-order valence-corrected chi connectivity index (χ1v) is 12.5. The number of benzene rings is 2. The van der Waals surface area contributed by atoms with Gasteiger partial charge in [0.1, 0.15) is 17.5 Å². The van der Waals surface area contributed by atoms with Gasteiger partial charge >= 0.3 is 12.1 Å². The van der Waals surface area contributed by atoms with Crippen LogP contribution in [-0.2, 0) is 20.8 Å². The van der Waals surface area contributed by atoms with Gasteiger partial charge in [0.2, 0.25) is 6.23 Å². The number of nitrogens with one attached hydrogen (secondary N) is 3. The van der Waals surface area contributed by atoms with Crippen LogP contribution in [0.5, 0.6) is 0 Å². The highest BCUT2D eigenvalue weighted by Crippen LogP contribution is 2.26. The summed E-state index contributed by atoms with van der Waals surface area (Å²) in [7, 11) is 0. The number of carbonyl (C=O) groups excluding carboxylic acids is 1. The molecule has 0 fully saturated rings. The van der Waals surface area contributed by atoms with E-state index in [-0.39, 0.29) is 17.8 Å². The van der Waals surface area contributed by atoms with Gasteiger partial charge in [-0.05, 0) is 63.4 Å². The molecule has 1 aliphatic heterocycles. The maximum absolute atomic E-state index is 14.9. The van der Waals surface area contributed by atoms with E-state index in [0.29, 0.717) is 16.8 Å². The molecule has 0 radical (unpaired) electrons. The summed E-state index contributed by atoms with van der Waals surface area (Å²) in [6.45, 7) is 7.35. The Balaban J connectivity index is 1.65. The van der Waals surface area contributed by atoms with E-state index in [0.717, 1.165) is 12.2 Å². The lowest BCUT2D eigenvalue weighted by Gasteiger charge is -2.19. The molecule has 1 aliphatic rings. The Morgan fingerprint density at radius 2 is 1.97 bits per heavy atom. The van der Waals surface area contributed by atoms with Crippen LogP contribution in [0.15, 0.2) is 47.5 Å². The lowest BCUT2D eigenvalue weighted by atomic mass is 10.0. The number of anilines is 1. The summed E-state index contributed by atoms with van der Waals surface area (Å²) in [5.74, 6) is -0.516. The van der Waals surface area contributed by atoms with E-state index < -0.39 is 35.8 Å². The third kappa shape index (κ3) is 7.94. The molecule has 0 aliphatic carbocycles. The molecule has 1 heterocycles. The Kier molecular flexibility index (Phi) is 9.30. The Hall–Kier alpha value is -3.15. The first-order valence-electron chi connectivity index (χ1n) is 11.5. The van der Waals surface area contributed by atoms with Crippen molar-refractivity contribution in [3.8, 4) is 0 Å². The molecule has 194 valence electrons. The molecule has 4 N–H and O–H groups in total. The molecule has 11 heteroatoms. The lowest BCUT2D eigenvalue weighted by Crippen LogP contribution is -2.34. The summed E-state index contributed by atoms with van der Waals surface area (Å²) in [5, 5.41) is 12.1. The highest BCUT2D eigenvalue weighted by molar-refractivity contribution is 7.97. The summed E-state index contributed by atoms with van der Waals surface area (Å²) >= 11 is 1.34. The normalized spacial score (nSPS) is 16.1. The number of carboxylic acids is 1. The number of hydroxylamine groups is 1. The molecule has 36 heavy (non-hydrogen) atoms. The van der Waals surface area contributed by atoms with Crippen LogP contribution >= 0.6 is 11.9 Å². The second-order valence-electron chi connectivity index (χ2n) is 9.17. The van der Waals surface area contributed by atoms with E-state index in [4.69, 9.17) is 9.57 Å². The van der Waals surface area contributed by atoms with E-state index >= 15 is 0 Å². The molecule has 0 saturated carbocycles. The topological polar surface area (TPSA) is 121 Å². The average Bonchev–Trinajstić information content (AvgIpc) is 3.27. The van der Waals surface area contributed by atoms with Crippen LogP contribution in [0, 0.1) is 5.82 Å². The molecule has 2 unspecified atom stereocenters. The van der Waals surface area contributed by atoms with E-state index in [1.54, 1.807) is 57.2 Å². The molecule has 9 nitrogen and oxygen atoms in total. The monoisotopic (exact) mass is 518 g/mol. The minimum atomic E-state index is -0.992. The van der Waals surface area contributed by atoms with Crippen LogP contribution in [0.3, 0.4) is 0 Å². The summed E-state index contributed by atoms with van der Waals surface area (Å²) in [4.78, 5) is 33.4. The highest BCUT2D eigenvalue weighted by Gasteiger charge is 2.24. The van der Waals surface area contributed by atoms with Gasteiger partial charge in [0.15, 0.2) is 5.84 Å². The number of carboxylic acid groups (broad SMARTS) is 1. The maximum atomic E-state index is 14.9. The number of amides is 1. The molecule has 0 bridgehead atoms. The van der Waals surface area contributed by atoms with Gasteiger partial charge in [-0.15, -0.1) is 0 Å². The molecular weight excluding hydrogens is 487 g/mol. The number of nitrogens with zero attached hydrogens (tertiary/aromatic N) is 1. The predicted molar refractivity (Wildman–Crippen MR) is 137 cm³/mol. The second kappa shape index (κ2) is 12.2. The van der Waals surface area contributed by atoms with Crippen LogP contribution in [0.4, 0.5) is 14.9 Å². The van der Waals surface area contributed by atoms with Crippen molar-refractivity contribution in [1.82, 2.24) is 10.2 Å². The van der Waals surface area contributed by atoms with Crippen molar-refractivity contribution in [1.29, 1.82) is 0 Å². The van der Waals surface area contributed by atoms with Gasteiger partial charge in [0.25, 0.3) is 0 Å². The van der Waals surface area contributed by atoms with Gasteiger partial charge in [0.05, 0.1) is 5.56 Å². The molecule has 0 spiro atoms. The lowest BCUT2D eigenvalue weighted by molar-refractivity contribution is -0.138. The standard InChI is InChI=1S/C25H31FN4O5S/c1-5-12-36-30-20(23(31)32)14-15-6-11-18(19(26)13-15)21-28-22(35-29-21)16-7-9-17(10-8-16)27-24(33)34-25(2,3)4/h6-11,13,20,22,30H,5,12,14H2,1-4H3,(H,27,33)(H,28,29)(H,31,32). The number of halogens is 1. The molecule has 3 rings (SSSR count). The molecular formula is C25H31FN4O5S. The minimum absolute atomic E-state index is 0.145. The van der Waals surface area contributed by atoms with E-state index in [2.05, 4.69) is 20.5 Å². The van der Waals surface area contributed by atoms with Gasteiger partial charge in [0, 0.05) is 17.0 Å². The summed E-state index contributed by atoms with van der Waals surface area (Å²) in [5.41, 5.74) is 4.07. The first-order chi connectivity index (χ1) is 17.1. The number of aliphatic carboxylic acids is 1. The molecule has 2 aromatic carbocycles. The van der Waals surface area contributed by atoms with Gasteiger partial charge < -0.3 is 9.84 Å². The Bertz CT molecular complexity index is 1100. The predicted octanol–water partition coefficient (Wildman–Crippen LogP) is 4.80. The fourth-order valence-electron chi connectivity index (χ4n) is 3.26. The zero-order valence-corrected chi connectivity index (χ0v) is 21.4. The fourth-order valence-corrected chi connectivity index (χ4v) is 3.96. The average molecular weight is 519 g/mol. The SMILES string of the molecule is CCCSNC(Cc1ccc(C2=NC(c3ccc(NC(=O)OC(C)(C)C)cc3)ON2)c(F)c1)C(=O)O. The Morgan fingerprint density at radius 1 is 1.25 bits per heavy atom. The van der Waals surface area contributed by atoms with Crippen LogP contribution < -0.4 is 15.5 Å². The summed E-state index contributed by atoms with van der Waals surface area (Å²) < 4.78 is 23.0. The van der Waals surface area contributed by atoms with Crippen molar-refractivity contribution in [2.45, 2.75) is 58.4 Å². The van der Waals surface area contributed by atoms with Crippen LogP contribution in [0.25, 0.3) is 0 Å². The van der Waals surface area contributed by atoms with Gasteiger partial charge in [-0.25, -0.2) is 29.2 Å². The number of carbonyl (C=O) groups is 2. The molecule has 1 amide bonds. The van der Waals surface area contributed by atoms with Crippen molar-refractivity contribution in [2.75, 3.05) is 11.1 Å². The molecule has 2 aromatic rings. The smallest absolute Gasteiger partial charge is 0.412 e. The van der Waals surface area contributed by atoms with Gasteiger partial charge in [-0.1, -0.05) is 37.1 Å². The van der Waals surface area contributed by atoms with Crippen molar-refractivity contribution >= 4 is 35.5 Å². The first kappa shape index (κ1) is 27.4. The number of rotatable bonds is 10. The van der Waals surface area contributed by atoms with Gasteiger partial charge in [-0.2, -0.15) is 0 Å². The third-order valence-electron chi connectivity index (χ3n) is 4.91. The van der Waals surface area contributed by atoms with Crippen molar-refractivity contribution in [3.05, 3.63) is 65.0 Å². The minimum Gasteiger partial charge on any atom is -0.480 e. The number of aliphatic imine (C=N–C) groups is 1. The van der Waals surface area contributed by atoms with E-state index in [1.807, 2.05) is 6.92 Å². The van der Waals surface area contributed by atoms with Crippen LogP contribution in [0.1, 0.15) is 57.0 Å². The largest absolute Gasteiger partial charge is 0.480 e. The van der Waals surface area contributed by atoms with Crippen molar-refractivity contribution < 1.29 is 28.7 Å². The zero-order chi connectivity index (χ0) is 26.3. The van der Waals surface area contributed by atoms with Crippen LogP contribution in [0.2, 0.25) is 0 Å². The summed E-state index contributed by atoms with van der Waals surface area (Å²) in [6, 6.07) is 10.6. The van der Waals surface area contributed by atoms with Gasteiger partial charge in [-0.3, -0.25) is 10.1 Å². The fraction of sp³-hybridized carbons (Fsp3) is 0.400.